The summed E-state index contributed by atoms with van der Waals surface area (Å²) in [6.07, 6.45) is 63.1. The molecule has 1 aliphatic heterocycles. The molecule has 0 saturated carbocycles. The molecule has 7 unspecified atom stereocenters. The minimum atomic E-state index is -1.58. The molecule has 7 atom stereocenters. The lowest BCUT2D eigenvalue weighted by Gasteiger charge is -2.40. The molecule has 1 amide bonds. The van der Waals surface area contributed by atoms with Crippen LogP contribution in [0.15, 0.2) is 97.2 Å². The van der Waals surface area contributed by atoms with Gasteiger partial charge in [-0.25, -0.2) is 0 Å². The van der Waals surface area contributed by atoms with Gasteiger partial charge < -0.3 is 40.3 Å². The van der Waals surface area contributed by atoms with E-state index in [1.807, 2.05) is 6.08 Å². The van der Waals surface area contributed by atoms with E-state index in [2.05, 4.69) is 104 Å². The lowest BCUT2D eigenvalue weighted by atomic mass is 9.99. The first kappa shape index (κ1) is 64.1. The molecule has 1 saturated heterocycles. The summed E-state index contributed by atoms with van der Waals surface area (Å²) in [7, 11) is 0. The molecule has 6 N–H and O–H groups in total. The maximum atomic E-state index is 13.0. The third kappa shape index (κ3) is 38.5. The molecule has 0 aromatic heterocycles. The fraction of sp³-hybridized carbons (Fsp3) is 0.717. The van der Waals surface area contributed by atoms with Crippen LogP contribution < -0.4 is 5.32 Å². The summed E-state index contributed by atoms with van der Waals surface area (Å²) in [6.45, 7) is 3.65. The van der Waals surface area contributed by atoms with Gasteiger partial charge in [0, 0.05) is 6.42 Å². The molecular formula is C60H103NO8. The van der Waals surface area contributed by atoms with Crippen molar-refractivity contribution in [2.45, 2.75) is 262 Å². The Morgan fingerprint density at radius 2 is 0.899 bits per heavy atom. The second-order valence-corrected chi connectivity index (χ2v) is 19.0. The zero-order valence-corrected chi connectivity index (χ0v) is 43.8. The van der Waals surface area contributed by atoms with Gasteiger partial charge in [0.2, 0.25) is 5.91 Å². The minimum Gasteiger partial charge on any atom is -0.394 e. The van der Waals surface area contributed by atoms with Gasteiger partial charge in [0.25, 0.3) is 0 Å². The Hall–Kier alpha value is -2.89. The molecule has 1 heterocycles. The van der Waals surface area contributed by atoms with Crippen molar-refractivity contribution in [2.75, 3.05) is 13.2 Å². The van der Waals surface area contributed by atoms with Gasteiger partial charge in [0.15, 0.2) is 6.29 Å². The van der Waals surface area contributed by atoms with Gasteiger partial charge in [-0.05, 0) is 77.0 Å². The van der Waals surface area contributed by atoms with Crippen molar-refractivity contribution in [2.24, 2.45) is 0 Å². The fourth-order valence-electron chi connectivity index (χ4n) is 8.25. The monoisotopic (exact) mass is 966 g/mol. The standard InChI is InChI=1S/C60H103NO8/c1-3-5-7-9-11-13-15-17-19-21-23-25-26-27-28-30-32-34-36-38-40-42-44-46-48-50-56(64)61-53(52-68-60-59(67)58(66)57(65)55(51-62)69-60)54(63)49-47-45-43-41-39-37-35-33-31-29-24-22-20-18-16-14-12-10-8-6-4-2/h5,7,11,13,17,19,23,25,27-28,32,34,38,40,47,49,53-55,57-60,62-63,65-67H,3-4,6,8-10,12,14-16,18,20-22,24,26,29-31,33,35-37,39,41-46,48,50-52H2,1-2H3,(H,61,64)/b7-5-,13-11-,19-17-,25-23-,28-27-,34-32-,40-38-,49-47+. The second-order valence-electron chi connectivity index (χ2n) is 19.0. The average Bonchev–Trinajstić information content (AvgIpc) is 3.35. The predicted octanol–water partition coefficient (Wildman–Crippen LogP) is 13.6. The van der Waals surface area contributed by atoms with Crippen molar-refractivity contribution in [3.05, 3.63) is 97.2 Å². The molecule has 0 bridgehead atoms. The van der Waals surface area contributed by atoms with E-state index in [1.165, 1.54) is 109 Å². The van der Waals surface area contributed by atoms with Crippen molar-refractivity contribution in [3.8, 4) is 0 Å². The minimum absolute atomic E-state index is 0.208. The van der Waals surface area contributed by atoms with Crippen LogP contribution in [-0.4, -0.2) is 87.5 Å². The first-order valence-corrected chi connectivity index (χ1v) is 28.0. The van der Waals surface area contributed by atoms with Crippen molar-refractivity contribution in [1.29, 1.82) is 0 Å². The number of hydrogen-bond donors (Lipinski definition) is 6. The molecule has 0 radical (unpaired) electrons. The molecule has 1 fully saturated rings. The fourth-order valence-corrected chi connectivity index (χ4v) is 8.25. The van der Waals surface area contributed by atoms with E-state index in [4.69, 9.17) is 9.47 Å². The number of nitrogens with one attached hydrogen (secondary N) is 1. The first-order chi connectivity index (χ1) is 33.8. The third-order valence-electron chi connectivity index (χ3n) is 12.7. The van der Waals surface area contributed by atoms with Gasteiger partial charge >= 0.3 is 0 Å². The van der Waals surface area contributed by atoms with Gasteiger partial charge in [-0.3, -0.25) is 4.79 Å². The molecule has 69 heavy (non-hydrogen) atoms. The van der Waals surface area contributed by atoms with Crippen molar-refractivity contribution in [1.82, 2.24) is 5.32 Å². The van der Waals surface area contributed by atoms with Crippen molar-refractivity contribution >= 4 is 5.91 Å². The van der Waals surface area contributed by atoms with Crippen LogP contribution in [0.5, 0.6) is 0 Å². The molecule has 1 rings (SSSR count). The van der Waals surface area contributed by atoms with Crippen LogP contribution in [0, 0.1) is 0 Å². The number of aliphatic hydroxyl groups is 5. The average molecular weight is 966 g/mol. The SMILES string of the molecule is CC/C=C\C/C=C\C/C=C\C/C=C\C/C=C\C/C=C\C/C=C\CCCCCC(=O)NC(COC1OC(CO)C(O)C(O)C1O)C(O)/C=C/CCCCCCCCCCCCCCCCCCCCC. The van der Waals surface area contributed by atoms with Gasteiger partial charge in [0.05, 0.1) is 25.4 Å². The Balaban J connectivity index is 2.31. The summed E-state index contributed by atoms with van der Waals surface area (Å²) in [6, 6.07) is -0.830. The summed E-state index contributed by atoms with van der Waals surface area (Å²) in [5, 5.41) is 54.5. The van der Waals surface area contributed by atoms with E-state index >= 15 is 0 Å². The number of allylic oxidation sites excluding steroid dienone is 15. The number of rotatable bonds is 46. The lowest BCUT2D eigenvalue weighted by Crippen LogP contribution is -2.60. The van der Waals surface area contributed by atoms with Crippen molar-refractivity contribution in [3.63, 3.8) is 0 Å². The van der Waals surface area contributed by atoms with Gasteiger partial charge in [-0.15, -0.1) is 0 Å². The molecule has 0 aliphatic carbocycles. The van der Waals surface area contributed by atoms with Crippen LogP contribution in [0.25, 0.3) is 0 Å². The van der Waals surface area contributed by atoms with Gasteiger partial charge in [0.1, 0.15) is 24.4 Å². The summed E-state index contributed by atoms with van der Waals surface area (Å²) in [5.41, 5.74) is 0. The number of aliphatic hydroxyl groups excluding tert-OH is 5. The highest BCUT2D eigenvalue weighted by Gasteiger charge is 2.44. The number of ether oxygens (including phenoxy) is 2. The number of unbranched alkanes of at least 4 members (excludes halogenated alkanes) is 22. The van der Waals surface area contributed by atoms with Gasteiger partial charge in [-0.2, -0.15) is 0 Å². The number of carbonyl (C=O) groups excluding carboxylic acids is 1. The van der Waals surface area contributed by atoms with Crippen LogP contribution in [0.4, 0.5) is 0 Å². The quantitative estimate of drug-likeness (QED) is 0.0261. The van der Waals surface area contributed by atoms with E-state index in [-0.39, 0.29) is 12.5 Å². The lowest BCUT2D eigenvalue weighted by molar-refractivity contribution is -0.302. The topological polar surface area (TPSA) is 149 Å². The summed E-state index contributed by atoms with van der Waals surface area (Å²) >= 11 is 0. The van der Waals surface area contributed by atoms with Crippen LogP contribution in [0.1, 0.15) is 219 Å². The van der Waals surface area contributed by atoms with E-state index < -0.39 is 49.5 Å². The molecule has 0 spiro atoms. The molecule has 1 aliphatic rings. The van der Waals surface area contributed by atoms with E-state index in [0.717, 1.165) is 83.5 Å². The molecule has 0 aromatic rings. The highest BCUT2D eigenvalue weighted by atomic mass is 16.7. The Bertz CT molecular complexity index is 1400. The highest BCUT2D eigenvalue weighted by Crippen LogP contribution is 2.23. The number of hydrogen-bond acceptors (Lipinski definition) is 8. The largest absolute Gasteiger partial charge is 0.394 e. The zero-order chi connectivity index (χ0) is 50.1. The molecule has 396 valence electrons. The third-order valence-corrected chi connectivity index (χ3v) is 12.7. The Kier molecular flexibility index (Phi) is 45.3. The van der Waals surface area contributed by atoms with E-state index in [0.29, 0.717) is 12.8 Å². The Morgan fingerprint density at radius 3 is 1.33 bits per heavy atom. The van der Waals surface area contributed by atoms with Crippen molar-refractivity contribution < 1.29 is 39.8 Å². The highest BCUT2D eigenvalue weighted by molar-refractivity contribution is 5.76. The maximum Gasteiger partial charge on any atom is 0.220 e. The summed E-state index contributed by atoms with van der Waals surface area (Å²) in [5.74, 6) is -0.211. The normalized spacial score (nSPS) is 20.2. The number of amides is 1. The Morgan fingerprint density at radius 1 is 0.507 bits per heavy atom. The van der Waals surface area contributed by atoms with Crippen LogP contribution in [0.3, 0.4) is 0 Å². The van der Waals surface area contributed by atoms with Crippen LogP contribution in [-0.2, 0) is 14.3 Å². The predicted molar refractivity (Wildman–Crippen MR) is 290 cm³/mol. The molecular weight excluding hydrogens is 863 g/mol. The maximum absolute atomic E-state index is 13.0. The van der Waals surface area contributed by atoms with Crippen LogP contribution >= 0.6 is 0 Å². The first-order valence-electron chi connectivity index (χ1n) is 28.0. The summed E-state index contributed by atoms with van der Waals surface area (Å²) in [4.78, 5) is 13.0. The molecule has 9 nitrogen and oxygen atoms in total. The number of carbonyl (C=O) groups is 1. The molecule has 0 aromatic carbocycles. The molecule has 9 heteroatoms. The Labute approximate surface area is 422 Å². The summed E-state index contributed by atoms with van der Waals surface area (Å²) < 4.78 is 11.2. The van der Waals surface area contributed by atoms with Gasteiger partial charge in [-0.1, -0.05) is 233 Å². The van der Waals surface area contributed by atoms with E-state index in [9.17, 15) is 30.3 Å². The van der Waals surface area contributed by atoms with E-state index in [1.54, 1.807) is 6.08 Å². The second kappa shape index (κ2) is 48.7. The zero-order valence-electron chi connectivity index (χ0n) is 43.8. The van der Waals surface area contributed by atoms with Crippen LogP contribution in [0.2, 0.25) is 0 Å². The smallest absolute Gasteiger partial charge is 0.220 e.